The van der Waals surface area contributed by atoms with E-state index >= 15 is 0 Å². The zero-order chi connectivity index (χ0) is 16.0. The molecule has 0 fully saturated rings. The van der Waals surface area contributed by atoms with Crippen LogP contribution >= 0.6 is 0 Å². The maximum Gasteiger partial charge on any atom is 0.401 e. The van der Waals surface area contributed by atoms with Crippen LogP contribution in [0.5, 0.6) is 17.2 Å². The summed E-state index contributed by atoms with van der Waals surface area (Å²) in [6.45, 7) is -1.75. The lowest BCUT2D eigenvalue weighted by atomic mass is 10.0. The van der Waals surface area contributed by atoms with Gasteiger partial charge in [-0.2, -0.15) is 13.2 Å². The molecule has 1 aromatic rings. The third kappa shape index (κ3) is 4.40. The summed E-state index contributed by atoms with van der Waals surface area (Å²) in [5.41, 5.74) is 0.349. The molecule has 0 heterocycles. The second-order valence-electron chi connectivity index (χ2n) is 4.15. The summed E-state index contributed by atoms with van der Waals surface area (Å²) in [4.78, 5) is 0. The number of aliphatic hydroxyl groups is 1. The highest BCUT2D eigenvalue weighted by atomic mass is 19.4. The fourth-order valence-electron chi connectivity index (χ4n) is 1.91. The first-order valence-corrected chi connectivity index (χ1v) is 6.07. The Labute approximate surface area is 120 Å². The predicted octanol–water partition coefficient (Wildman–Crippen LogP) is 1.90. The number of methoxy groups -OCH3 is 3. The van der Waals surface area contributed by atoms with Gasteiger partial charge in [0.25, 0.3) is 0 Å². The summed E-state index contributed by atoms with van der Waals surface area (Å²) in [7, 11) is 4.18. The van der Waals surface area contributed by atoms with E-state index in [2.05, 4.69) is 5.32 Å². The molecule has 1 atom stereocenters. The van der Waals surface area contributed by atoms with E-state index in [0.29, 0.717) is 11.3 Å². The van der Waals surface area contributed by atoms with Gasteiger partial charge in [0, 0.05) is 5.56 Å². The van der Waals surface area contributed by atoms with E-state index in [1.807, 2.05) is 0 Å². The van der Waals surface area contributed by atoms with Crippen molar-refractivity contribution in [3.8, 4) is 17.2 Å². The molecule has 1 unspecified atom stereocenters. The van der Waals surface area contributed by atoms with Crippen molar-refractivity contribution in [1.29, 1.82) is 0 Å². The van der Waals surface area contributed by atoms with Crippen molar-refractivity contribution in [3.05, 3.63) is 17.7 Å². The summed E-state index contributed by atoms with van der Waals surface area (Å²) in [6.07, 6.45) is -4.38. The third-order valence-electron chi connectivity index (χ3n) is 2.84. The van der Waals surface area contributed by atoms with Crippen molar-refractivity contribution in [1.82, 2.24) is 5.32 Å². The van der Waals surface area contributed by atoms with Crippen LogP contribution in [-0.2, 0) is 0 Å². The van der Waals surface area contributed by atoms with Gasteiger partial charge < -0.3 is 19.3 Å². The average Bonchev–Trinajstić information content (AvgIpc) is 2.45. The Bertz CT molecular complexity index is 465. The molecule has 2 N–H and O–H groups in total. The molecule has 0 spiro atoms. The first-order chi connectivity index (χ1) is 9.87. The second-order valence-corrected chi connectivity index (χ2v) is 4.15. The Morgan fingerprint density at radius 3 is 2.14 bits per heavy atom. The van der Waals surface area contributed by atoms with Crippen LogP contribution in [0.4, 0.5) is 13.2 Å². The van der Waals surface area contributed by atoms with E-state index in [4.69, 9.17) is 14.2 Å². The summed E-state index contributed by atoms with van der Waals surface area (Å²) < 4.78 is 52.3. The number of nitrogens with one attached hydrogen (secondary N) is 1. The van der Waals surface area contributed by atoms with Crippen LogP contribution in [0.25, 0.3) is 0 Å². The van der Waals surface area contributed by atoms with Gasteiger partial charge in [0.15, 0.2) is 11.5 Å². The van der Waals surface area contributed by atoms with E-state index < -0.39 is 25.4 Å². The quantitative estimate of drug-likeness (QED) is 0.805. The zero-order valence-corrected chi connectivity index (χ0v) is 12.0. The molecule has 0 aliphatic carbocycles. The largest absolute Gasteiger partial charge is 0.493 e. The van der Waals surface area contributed by atoms with Crippen LogP contribution in [0, 0.1) is 0 Å². The molecule has 0 aliphatic heterocycles. The van der Waals surface area contributed by atoms with E-state index in [0.717, 1.165) is 0 Å². The maximum absolute atomic E-state index is 12.3. The molecule has 0 saturated carbocycles. The highest BCUT2D eigenvalue weighted by Gasteiger charge is 2.30. The minimum absolute atomic E-state index is 0.213. The minimum atomic E-state index is -4.38. The van der Waals surface area contributed by atoms with Crippen molar-refractivity contribution < 1.29 is 32.5 Å². The fourth-order valence-corrected chi connectivity index (χ4v) is 1.91. The Kier molecular flexibility index (Phi) is 6.10. The van der Waals surface area contributed by atoms with Gasteiger partial charge in [-0.25, -0.2) is 0 Å². The standard InChI is InChI=1S/C13H18F3NO4/c1-19-10-5-4-8(11(20-2)12(10)21-3)9(6-18)17-7-13(14,15)16/h4-5,9,17-18H,6-7H2,1-3H3. The Balaban J connectivity index is 3.14. The number of ether oxygens (including phenoxy) is 3. The van der Waals surface area contributed by atoms with Crippen molar-refractivity contribution in [2.45, 2.75) is 12.2 Å². The lowest BCUT2D eigenvalue weighted by molar-refractivity contribution is -0.126. The van der Waals surface area contributed by atoms with Crippen LogP contribution in [0.1, 0.15) is 11.6 Å². The molecule has 1 rings (SSSR count). The maximum atomic E-state index is 12.3. The first-order valence-electron chi connectivity index (χ1n) is 6.07. The topological polar surface area (TPSA) is 60.0 Å². The molecule has 1 aromatic carbocycles. The molecular formula is C13H18F3NO4. The average molecular weight is 309 g/mol. The molecule has 0 aromatic heterocycles. The summed E-state index contributed by atoms with van der Waals surface area (Å²) in [5.74, 6) is 0.848. The highest BCUT2D eigenvalue weighted by molar-refractivity contribution is 5.56. The molecule has 0 radical (unpaired) electrons. The van der Waals surface area contributed by atoms with Crippen molar-refractivity contribution >= 4 is 0 Å². The molecule has 120 valence electrons. The van der Waals surface area contributed by atoms with Crippen molar-refractivity contribution in [2.24, 2.45) is 0 Å². The van der Waals surface area contributed by atoms with Gasteiger partial charge in [-0.05, 0) is 12.1 Å². The van der Waals surface area contributed by atoms with E-state index in [1.54, 1.807) is 0 Å². The lowest BCUT2D eigenvalue weighted by Crippen LogP contribution is -2.34. The second kappa shape index (κ2) is 7.37. The zero-order valence-electron chi connectivity index (χ0n) is 12.0. The van der Waals surface area contributed by atoms with Crippen LogP contribution < -0.4 is 19.5 Å². The predicted molar refractivity (Wildman–Crippen MR) is 70.0 cm³/mol. The molecular weight excluding hydrogens is 291 g/mol. The van der Waals surface area contributed by atoms with Gasteiger partial charge in [-0.15, -0.1) is 0 Å². The minimum Gasteiger partial charge on any atom is -0.493 e. The Morgan fingerprint density at radius 1 is 1.10 bits per heavy atom. The number of hydrogen-bond acceptors (Lipinski definition) is 5. The van der Waals surface area contributed by atoms with Crippen LogP contribution in [0.3, 0.4) is 0 Å². The van der Waals surface area contributed by atoms with Gasteiger partial charge in [-0.3, -0.25) is 5.32 Å². The molecule has 0 aliphatic rings. The van der Waals surface area contributed by atoms with E-state index in [1.165, 1.54) is 33.5 Å². The van der Waals surface area contributed by atoms with Crippen LogP contribution in [0.2, 0.25) is 0 Å². The fraction of sp³-hybridized carbons (Fsp3) is 0.538. The monoisotopic (exact) mass is 309 g/mol. The Hall–Kier alpha value is -1.67. The summed E-state index contributed by atoms with van der Waals surface area (Å²) in [6, 6.07) is 2.11. The van der Waals surface area contributed by atoms with Crippen LogP contribution in [0.15, 0.2) is 12.1 Å². The van der Waals surface area contributed by atoms with Gasteiger partial charge in [-0.1, -0.05) is 0 Å². The highest BCUT2D eigenvalue weighted by Crippen LogP contribution is 2.42. The van der Waals surface area contributed by atoms with E-state index in [9.17, 15) is 18.3 Å². The van der Waals surface area contributed by atoms with Gasteiger partial charge in [0.2, 0.25) is 5.75 Å². The number of halogens is 3. The number of hydrogen-bond donors (Lipinski definition) is 2. The summed E-state index contributed by atoms with van der Waals surface area (Å²) >= 11 is 0. The van der Waals surface area contributed by atoms with Crippen molar-refractivity contribution in [2.75, 3.05) is 34.5 Å². The molecule has 8 heteroatoms. The van der Waals surface area contributed by atoms with Gasteiger partial charge in [0.1, 0.15) is 0 Å². The number of rotatable bonds is 7. The van der Waals surface area contributed by atoms with Crippen molar-refractivity contribution in [3.63, 3.8) is 0 Å². The molecule has 21 heavy (non-hydrogen) atoms. The van der Waals surface area contributed by atoms with Gasteiger partial charge in [0.05, 0.1) is 40.5 Å². The number of benzene rings is 1. The molecule has 5 nitrogen and oxygen atoms in total. The SMILES string of the molecule is COc1ccc(C(CO)NCC(F)(F)F)c(OC)c1OC. The molecule has 0 bridgehead atoms. The van der Waals surface area contributed by atoms with Crippen LogP contribution in [-0.4, -0.2) is 45.8 Å². The first kappa shape index (κ1) is 17.4. The van der Waals surface area contributed by atoms with Gasteiger partial charge >= 0.3 is 6.18 Å². The lowest BCUT2D eigenvalue weighted by Gasteiger charge is -2.22. The molecule has 0 amide bonds. The Morgan fingerprint density at radius 2 is 1.71 bits per heavy atom. The van der Waals surface area contributed by atoms with E-state index in [-0.39, 0.29) is 11.5 Å². The normalized spacial score (nSPS) is 12.9. The number of aliphatic hydroxyl groups excluding tert-OH is 1. The summed E-state index contributed by atoms with van der Waals surface area (Å²) in [5, 5.41) is 11.6. The molecule has 0 saturated heterocycles. The number of alkyl halides is 3. The smallest absolute Gasteiger partial charge is 0.401 e. The third-order valence-corrected chi connectivity index (χ3v) is 2.84.